The van der Waals surface area contributed by atoms with Crippen LogP contribution >= 0.6 is 0 Å². The van der Waals surface area contributed by atoms with Gasteiger partial charge in [-0.05, 0) is 42.3 Å². The molecule has 0 spiro atoms. The lowest BCUT2D eigenvalue weighted by Crippen LogP contribution is -2.12. The first-order valence-corrected chi connectivity index (χ1v) is 7.30. The predicted octanol–water partition coefficient (Wildman–Crippen LogP) is 3.58. The molecule has 0 bridgehead atoms. The van der Waals surface area contributed by atoms with Gasteiger partial charge in [-0.1, -0.05) is 12.1 Å². The number of oxazole rings is 1. The first-order chi connectivity index (χ1) is 11.1. The Morgan fingerprint density at radius 2 is 2.04 bits per heavy atom. The summed E-state index contributed by atoms with van der Waals surface area (Å²) in [5.41, 5.74) is 3.79. The van der Waals surface area contributed by atoms with Crippen LogP contribution in [-0.4, -0.2) is 10.9 Å². The van der Waals surface area contributed by atoms with E-state index in [-0.39, 0.29) is 5.91 Å². The summed E-state index contributed by atoms with van der Waals surface area (Å²) in [6, 6.07) is 14.7. The molecule has 0 radical (unpaired) electrons. The highest BCUT2D eigenvalue weighted by Crippen LogP contribution is 2.20. The van der Waals surface area contributed by atoms with Crippen LogP contribution in [0.15, 0.2) is 46.9 Å². The Balaban J connectivity index is 1.60. The van der Waals surface area contributed by atoms with Crippen LogP contribution in [0.25, 0.3) is 11.1 Å². The van der Waals surface area contributed by atoms with Crippen LogP contribution in [0.3, 0.4) is 0 Å². The third-order valence-corrected chi connectivity index (χ3v) is 3.50. The fraction of sp³-hybridized carbons (Fsp3) is 0.167. The molecular formula is C18H15N3O2. The van der Waals surface area contributed by atoms with Crippen molar-refractivity contribution in [1.29, 1.82) is 5.26 Å². The highest BCUT2D eigenvalue weighted by molar-refractivity contribution is 5.92. The van der Waals surface area contributed by atoms with Crippen LogP contribution in [0.4, 0.5) is 5.69 Å². The number of rotatable bonds is 4. The Kier molecular flexibility index (Phi) is 4.07. The van der Waals surface area contributed by atoms with Gasteiger partial charge in [0, 0.05) is 19.0 Å². The average Bonchev–Trinajstić information content (AvgIpc) is 2.92. The molecule has 3 rings (SSSR count). The number of carbonyl (C=O) groups excluding carboxylic acids is 1. The van der Waals surface area contributed by atoms with Crippen molar-refractivity contribution >= 4 is 22.7 Å². The summed E-state index contributed by atoms with van der Waals surface area (Å²) in [4.78, 5) is 16.3. The van der Waals surface area contributed by atoms with Crippen molar-refractivity contribution in [2.24, 2.45) is 0 Å². The number of nitriles is 1. The number of hydrogen-bond donors (Lipinski definition) is 1. The molecule has 5 heteroatoms. The van der Waals surface area contributed by atoms with Gasteiger partial charge in [-0.25, -0.2) is 4.98 Å². The topological polar surface area (TPSA) is 78.9 Å². The van der Waals surface area contributed by atoms with Crippen molar-refractivity contribution in [3.8, 4) is 6.07 Å². The molecule has 0 saturated heterocycles. The van der Waals surface area contributed by atoms with Gasteiger partial charge < -0.3 is 9.73 Å². The minimum atomic E-state index is -0.0612. The second-order valence-electron chi connectivity index (χ2n) is 5.27. The maximum atomic E-state index is 12.0. The molecule has 23 heavy (non-hydrogen) atoms. The summed E-state index contributed by atoms with van der Waals surface area (Å²) < 4.78 is 5.41. The van der Waals surface area contributed by atoms with E-state index in [1.165, 1.54) is 0 Å². The molecule has 1 heterocycles. The number of anilines is 1. The summed E-state index contributed by atoms with van der Waals surface area (Å²) >= 11 is 0. The standard InChI is InChI=1S/C18H15N3O2/c1-12-20-16-10-15(7-8-17(16)23-12)21-18(22)9-6-13-2-4-14(11-19)5-3-13/h2-5,7-8,10H,6,9H2,1H3,(H,21,22). The monoisotopic (exact) mass is 305 g/mol. The molecule has 0 unspecified atom stereocenters. The molecule has 0 aliphatic carbocycles. The van der Waals surface area contributed by atoms with E-state index in [9.17, 15) is 4.79 Å². The van der Waals surface area contributed by atoms with Gasteiger partial charge in [0.1, 0.15) is 5.52 Å². The summed E-state index contributed by atoms with van der Waals surface area (Å²) in [6.45, 7) is 1.79. The number of amides is 1. The number of carbonyl (C=O) groups is 1. The largest absolute Gasteiger partial charge is 0.441 e. The van der Waals surface area contributed by atoms with Crippen molar-refractivity contribution < 1.29 is 9.21 Å². The Hall–Kier alpha value is -3.13. The third-order valence-electron chi connectivity index (χ3n) is 3.50. The van der Waals surface area contributed by atoms with Gasteiger partial charge in [0.05, 0.1) is 11.6 Å². The number of aryl methyl sites for hydroxylation is 2. The van der Waals surface area contributed by atoms with E-state index in [1.807, 2.05) is 12.1 Å². The second-order valence-corrected chi connectivity index (χ2v) is 5.27. The van der Waals surface area contributed by atoms with Crippen LogP contribution in [0.2, 0.25) is 0 Å². The van der Waals surface area contributed by atoms with Gasteiger partial charge in [0.2, 0.25) is 5.91 Å². The Morgan fingerprint density at radius 1 is 1.26 bits per heavy atom. The number of nitrogens with one attached hydrogen (secondary N) is 1. The van der Waals surface area contributed by atoms with E-state index in [0.29, 0.717) is 35.6 Å². The van der Waals surface area contributed by atoms with Gasteiger partial charge >= 0.3 is 0 Å². The molecule has 2 aromatic carbocycles. The van der Waals surface area contributed by atoms with Crippen LogP contribution in [-0.2, 0) is 11.2 Å². The minimum Gasteiger partial charge on any atom is -0.441 e. The highest BCUT2D eigenvalue weighted by atomic mass is 16.3. The zero-order valence-electron chi connectivity index (χ0n) is 12.7. The SMILES string of the molecule is Cc1nc2cc(NC(=O)CCc3ccc(C#N)cc3)ccc2o1. The van der Waals surface area contributed by atoms with Crippen LogP contribution in [0.1, 0.15) is 23.4 Å². The Labute approximate surface area is 133 Å². The molecule has 0 fully saturated rings. The summed E-state index contributed by atoms with van der Waals surface area (Å²) in [7, 11) is 0. The third kappa shape index (κ3) is 3.55. The number of benzene rings is 2. The fourth-order valence-corrected chi connectivity index (χ4v) is 2.35. The van der Waals surface area contributed by atoms with E-state index >= 15 is 0 Å². The molecule has 1 N–H and O–H groups in total. The molecule has 3 aromatic rings. The lowest BCUT2D eigenvalue weighted by atomic mass is 10.1. The lowest BCUT2D eigenvalue weighted by molar-refractivity contribution is -0.116. The lowest BCUT2D eigenvalue weighted by Gasteiger charge is -2.05. The maximum absolute atomic E-state index is 12.0. The van der Waals surface area contributed by atoms with E-state index in [2.05, 4.69) is 16.4 Å². The van der Waals surface area contributed by atoms with Gasteiger partial charge in [-0.15, -0.1) is 0 Å². The highest BCUT2D eigenvalue weighted by Gasteiger charge is 2.07. The van der Waals surface area contributed by atoms with Crippen molar-refractivity contribution in [3.05, 3.63) is 59.5 Å². The first-order valence-electron chi connectivity index (χ1n) is 7.30. The molecule has 1 aromatic heterocycles. The maximum Gasteiger partial charge on any atom is 0.224 e. The van der Waals surface area contributed by atoms with E-state index in [4.69, 9.17) is 9.68 Å². The molecule has 0 atom stereocenters. The number of aromatic nitrogens is 1. The molecule has 5 nitrogen and oxygen atoms in total. The molecule has 0 aliphatic heterocycles. The zero-order chi connectivity index (χ0) is 16.2. The molecular weight excluding hydrogens is 290 g/mol. The zero-order valence-corrected chi connectivity index (χ0v) is 12.7. The molecule has 0 saturated carbocycles. The molecule has 0 aliphatic rings. The Bertz CT molecular complexity index is 889. The van der Waals surface area contributed by atoms with Crippen LogP contribution < -0.4 is 5.32 Å². The van der Waals surface area contributed by atoms with Gasteiger partial charge in [-0.2, -0.15) is 5.26 Å². The summed E-state index contributed by atoms with van der Waals surface area (Å²) in [6.07, 6.45) is 1.00. The van der Waals surface area contributed by atoms with Gasteiger partial charge in [0.15, 0.2) is 11.5 Å². The van der Waals surface area contributed by atoms with Crippen molar-refractivity contribution in [2.75, 3.05) is 5.32 Å². The number of nitrogens with zero attached hydrogens (tertiary/aromatic N) is 2. The first kappa shape index (κ1) is 14.8. The van der Waals surface area contributed by atoms with E-state index < -0.39 is 0 Å². The average molecular weight is 305 g/mol. The minimum absolute atomic E-state index is 0.0612. The fourth-order valence-electron chi connectivity index (χ4n) is 2.35. The molecule has 1 amide bonds. The van der Waals surface area contributed by atoms with Gasteiger partial charge in [0.25, 0.3) is 0 Å². The second kappa shape index (κ2) is 6.32. The summed E-state index contributed by atoms with van der Waals surface area (Å²) in [5.74, 6) is 0.540. The van der Waals surface area contributed by atoms with E-state index in [0.717, 1.165) is 11.1 Å². The number of fused-ring (bicyclic) bond motifs is 1. The number of hydrogen-bond acceptors (Lipinski definition) is 4. The Morgan fingerprint density at radius 3 is 2.78 bits per heavy atom. The van der Waals surface area contributed by atoms with Gasteiger partial charge in [-0.3, -0.25) is 4.79 Å². The van der Waals surface area contributed by atoms with Crippen LogP contribution in [0, 0.1) is 18.3 Å². The van der Waals surface area contributed by atoms with Crippen molar-refractivity contribution in [2.45, 2.75) is 19.8 Å². The predicted molar refractivity (Wildman–Crippen MR) is 86.9 cm³/mol. The quantitative estimate of drug-likeness (QED) is 0.799. The van der Waals surface area contributed by atoms with Crippen molar-refractivity contribution in [3.63, 3.8) is 0 Å². The van der Waals surface area contributed by atoms with Crippen LogP contribution in [0.5, 0.6) is 0 Å². The molecule has 114 valence electrons. The van der Waals surface area contributed by atoms with E-state index in [1.54, 1.807) is 37.3 Å². The summed E-state index contributed by atoms with van der Waals surface area (Å²) in [5, 5.41) is 11.6. The van der Waals surface area contributed by atoms with Crippen molar-refractivity contribution in [1.82, 2.24) is 4.98 Å². The smallest absolute Gasteiger partial charge is 0.224 e. The normalized spacial score (nSPS) is 10.4.